The second kappa shape index (κ2) is 9.76. The maximum atomic E-state index is 14.2. The highest BCUT2D eigenvalue weighted by Gasteiger charge is 2.79. The number of fused-ring (bicyclic) bond motifs is 1. The van der Waals surface area contributed by atoms with E-state index < -0.39 is 35.0 Å². The summed E-state index contributed by atoms with van der Waals surface area (Å²) in [7, 11) is 0. The van der Waals surface area contributed by atoms with E-state index >= 15 is 0 Å². The first kappa shape index (κ1) is 25.4. The molecule has 2 unspecified atom stereocenters. The van der Waals surface area contributed by atoms with Crippen LogP contribution in [0.1, 0.15) is 26.2 Å². The first-order chi connectivity index (χ1) is 16.8. The van der Waals surface area contributed by atoms with Crippen molar-refractivity contribution in [2.75, 3.05) is 31.2 Å². The highest BCUT2D eigenvalue weighted by molar-refractivity contribution is 6.30. The van der Waals surface area contributed by atoms with Gasteiger partial charge >= 0.3 is 5.97 Å². The van der Waals surface area contributed by atoms with E-state index in [9.17, 15) is 19.5 Å². The second-order valence-corrected chi connectivity index (χ2v) is 9.66. The van der Waals surface area contributed by atoms with Crippen LogP contribution in [0.2, 0.25) is 5.02 Å². The van der Waals surface area contributed by atoms with Gasteiger partial charge in [-0.3, -0.25) is 14.4 Å². The largest absolute Gasteiger partial charge is 0.461 e. The standard InChI is InChI=1S/C26H31ClN2O6/c1-4-13-28(18-9-7-17(27)8-10-18)23(32)21-26-12-11-25(6-3,35-26)20(24(33)34-16-5-2)19(26)22(31)29(21)14-15-30/h4-5,7-10,19-21,30H,1-2,6,11-16H2,3H3/t19-,20-,21?,25+,26?/m0/s1. The number of β-amino-alcohol motifs (C(OH)–C–C–N with tert-alkyl or cyclic N) is 1. The summed E-state index contributed by atoms with van der Waals surface area (Å²) in [5, 5.41) is 10.3. The highest BCUT2D eigenvalue weighted by Crippen LogP contribution is 2.64. The third kappa shape index (κ3) is 3.88. The predicted octanol–water partition coefficient (Wildman–Crippen LogP) is 2.74. The maximum absolute atomic E-state index is 14.2. The smallest absolute Gasteiger partial charge is 0.313 e. The molecule has 5 atom stereocenters. The van der Waals surface area contributed by atoms with Gasteiger partial charge in [-0.15, -0.1) is 6.58 Å². The number of rotatable bonds is 10. The van der Waals surface area contributed by atoms with E-state index in [0.29, 0.717) is 30.0 Å². The molecule has 0 aliphatic carbocycles. The van der Waals surface area contributed by atoms with Gasteiger partial charge in [0.25, 0.3) is 5.91 Å². The van der Waals surface area contributed by atoms with E-state index in [1.807, 2.05) is 6.92 Å². The Bertz CT molecular complexity index is 1030. The molecule has 2 bridgehead atoms. The number of benzene rings is 1. The van der Waals surface area contributed by atoms with Gasteiger partial charge in [0.15, 0.2) is 0 Å². The number of hydrogen-bond donors (Lipinski definition) is 1. The van der Waals surface area contributed by atoms with Crippen molar-refractivity contribution < 1.29 is 29.0 Å². The Kier molecular flexibility index (Phi) is 7.09. The molecule has 1 spiro atoms. The molecule has 3 saturated heterocycles. The lowest BCUT2D eigenvalue weighted by Crippen LogP contribution is -2.56. The van der Waals surface area contributed by atoms with E-state index in [1.165, 1.54) is 15.9 Å². The summed E-state index contributed by atoms with van der Waals surface area (Å²) in [5.74, 6) is -2.96. The van der Waals surface area contributed by atoms with E-state index in [1.54, 1.807) is 30.3 Å². The second-order valence-electron chi connectivity index (χ2n) is 9.22. The predicted molar refractivity (Wildman–Crippen MR) is 131 cm³/mol. The van der Waals surface area contributed by atoms with Crippen LogP contribution in [-0.2, 0) is 23.9 Å². The van der Waals surface area contributed by atoms with Crippen LogP contribution in [0.25, 0.3) is 0 Å². The third-order valence-electron chi connectivity index (χ3n) is 7.57. The maximum Gasteiger partial charge on any atom is 0.313 e. The monoisotopic (exact) mass is 502 g/mol. The molecule has 3 heterocycles. The number of aliphatic hydroxyl groups is 1. The Morgan fingerprint density at radius 1 is 1.29 bits per heavy atom. The molecule has 2 amide bonds. The van der Waals surface area contributed by atoms with Gasteiger partial charge in [-0.05, 0) is 43.5 Å². The van der Waals surface area contributed by atoms with Crippen molar-refractivity contribution in [2.24, 2.45) is 11.8 Å². The fourth-order valence-corrected chi connectivity index (χ4v) is 6.28. The van der Waals surface area contributed by atoms with Gasteiger partial charge in [-0.1, -0.05) is 37.3 Å². The number of halogens is 1. The molecule has 3 fully saturated rings. The van der Waals surface area contributed by atoms with Gasteiger partial charge in [0.05, 0.1) is 18.1 Å². The van der Waals surface area contributed by atoms with E-state index in [2.05, 4.69) is 13.2 Å². The third-order valence-corrected chi connectivity index (χ3v) is 7.82. The first-order valence-electron chi connectivity index (χ1n) is 11.9. The quantitative estimate of drug-likeness (QED) is 0.390. The zero-order chi connectivity index (χ0) is 25.4. The van der Waals surface area contributed by atoms with Gasteiger partial charge in [-0.2, -0.15) is 0 Å². The fourth-order valence-electron chi connectivity index (χ4n) is 6.16. The molecule has 0 aromatic heterocycles. The van der Waals surface area contributed by atoms with Crippen LogP contribution in [0, 0.1) is 11.8 Å². The van der Waals surface area contributed by atoms with Crippen molar-refractivity contribution in [2.45, 2.75) is 43.4 Å². The van der Waals surface area contributed by atoms with Crippen LogP contribution in [0.3, 0.4) is 0 Å². The molecule has 1 aromatic rings. The SMILES string of the molecule is C=CCOC(=O)[C@@H]1[C@H]2C(=O)N(CCO)C(C(=O)N(CC=C)c3ccc(Cl)cc3)C23CC[C@@]1(CC)O3. The number of likely N-dealkylation sites (tertiary alicyclic amines) is 1. The minimum absolute atomic E-state index is 0.0232. The lowest BCUT2D eigenvalue weighted by Gasteiger charge is -2.36. The number of hydrogen-bond acceptors (Lipinski definition) is 6. The summed E-state index contributed by atoms with van der Waals surface area (Å²) in [5.41, 5.74) is -1.48. The summed E-state index contributed by atoms with van der Waals surface area (Å²) in [6, 6.07) is 5.81. The molecular formula is C26H31ClN2O6. The summed E-state index contributed by atoms with van der Waals surface area (Å²) in [4.78, 5) is 44.0. The molecule has 4 rings (SSSR count). The number of ether oxygens (including phenoxy) is 2. The Morgan fingerprint density at radius 2 is 2.00 bits per heavy atom. The molecule has 3 aliphatic rings. The van der Waals surface area contributed by atoms with Crippen LogP contribution in [0.4, 0.5) is 5.69 Å². The van der Waals surface area contributed by atoms with Crippen LogP contribution in [0.5, 0.6) is 0 Å². The number of nitrogens with zero attached hydrogens (tertiary/aromatic N) is 2. The van der Waals surface area contributed by atoms with Crippen molar-refractivity contribution in [3.8, 4) is 0 Å². The number of anilines is 1. The summed E-state index contributed by atoms with van der Waals surface area (Å²) in [6.45, 7) is 9.13. The van der Waals surface area contributed by atoms with Gasteiger partial charge in [-0.25, -0.2) is 0 Å². The minimum atomic E-state index is -1.19. The summed E-state index contributed by atoms with van der Waals surface area (Å²) >= 11 is 6.05. The average Bonchev–Trinajstić information content (AvgIpc) is 3.45. The van der Waals surface area contributed by atoms with Gasteiger partial charge in [0.2, 0.25) is 5.91 Å². The number of amides is 2. The Balaban J connectivity index is 1.79. The van der Waals surface area contributed by atoms with Crippen molar-refractivity contribution >= 4 is 35.1 Å². The number of carbonyl (C=O) groups excluding carboxylic acids is 3. The molecule has 35 heavy (non-hydrogen) atoms. The van der Waals surface area contributed by atoms with E-state index in [4.69, 9.17) is 21.1 Å². The van der Waals surface area contributed by atoms with Crippen molar-refractivity contribution in [1.82, 2.24) is 4.90 Å². The van der Waals surface area contributed by atoms with Crippen LogP contribution < -0.4 is 4.90 Å². The zero-order valence-corrected chi connectivity index (χ0v) is 20.6. The first-order valence-corrected chi connectivity index (χ1v) is 12.2. The summed E-state index contributed by atoms with van der Waals surface area (Å²) in [6.07, 6.45) is 4.55. The van der Waals surface area contributed by atoms with Crippen molar-refractivity contribution in [1.29, 1.82) is 0 Å². The molecule has 8 nitrogen and oxygen atoms in total. The lowest BCUT2D eigenvalue weighted by atomic mass is 9.65. The fraction of sp³-hybridized carbons (Fsp3) is 0.500. The van der Waals surface area contributed by atoms with E-state index in [0.717, 1.165) is 0 Å². The topological polar surface area (TPSA) is 96.4 Å². The Morgan fingerprint density at radius 3 is 2.60 bits per heavy atom. The van der Waals surface area contributed by atoms with Crippen molar-refractivity contribution in [3.63, 3.8) is 0 Å². The number of esters is 1. The van der Waals surface area contributed by atoms with Crippen LogP contribution in [-0.4, -0.2) is 71.3 Å². The molecule has 0 radical (unpaired) electrons. The van der Waals surface area contributed by atoms with Crippen LogP contribution >= 0.6 is 11.6 Å². The minimum Gasteiger partial charge on any atom is -0.461 e. The van der Waals surface area contributed by atoms with Gasteiger partial charge in [0, 0.05) is 23.8 Å². The number of carbonyl (C=O) groups is 3. The van der Waals surface area contributed by atoms with Gasteiger partial charge in [0.1, 0.15) is 24.2 Å². The zero-order valence-electron chi connectivity index (χ0n) is 19.8. The van der Waals surface area contributed by atoms with E-state index in [-0.39, 0.29) is 38.1 Å². The van der Waals surface area contributed by atoms with Crippen molar-refractivity contribution in [3.05, 3.63) is 54.6 Å². The Labute approximate surface area is 210 Å². The molecule has 0 saturated carbocycles. The Hall–Kier alpha value is -2.68. The molecule has 1 aromatic carbocycles. The molecule has 188 valence electrons. The highest BCUT2D eigenvalue weighted by atomic mass is 35.5. The number of aliphatic hydroxyl groups excluding tert-OH is 1. The molecule has 9 heteroatoms. The molecule has 3 aliphatic heterocycles. The molecule has 1 N–H and O–H groups in total. The normalized spacial score (nSPS) is 30.8. The van der Waals surface area contributed by atoms with Gasteiger partial charge < -0.3 is 24.4 Å². The lowest BCUT2D eigenvalue weighted by molar-refractivity contribution is -0.160. The average molecular weight is 503 g/mol. The van der Waals surface area contributed by atoms with Crippen LogP contribution in [0.15, 0.2) is 49.6 Å². The summed E-state index contributed by atoms with van der Waals surface area (Å²) < 4.78 is 12.0. The molecular weight excluding hydrogens is 472 g/mol.